The Morgan fingerprint density at radius 2 is 1.96 bits per heavy atom. The average Bonchev–Trinajstić information content (AvgIpc) is 3.04. The molecular formula is C19H28N4O. The lowest BCUT2D eigenvalue weighted by molar-refractivity contribution is 0.0342. The van der Waals surface area contributed by atoms with Crippen LogP contribution in [-0.2, 0) is 16.7 Å². The van der Waals surface area contributed by atoms with Crippen molar-refractivity contribution in [1.82, 2.24) is 15.1 Å². The molecule has 1 aliphatic rings. The van der Waals surface area contributed by atoms with Crippen LogP contribution in [0.1, 0.15) is 43.5 Å². The molecule has 0 saturated carbocycles. The molecule has 1 aromatic carbocycles. The lowest BCUT2D eigenvalue weighted by atomic mass is 9.76. The number of nitrogens with one attached hydrogen (secondary N) is 1. The van der Waals surface area contributed by atoms with E-state index in [-0.39, 0.29) is 5.41 Å². The van der Waals surface area contributed by atoms with Gasteiger partial charge in [0.25, 0.3) is 0 Å². The Morgan fingerprint density at radius 1 is 1.25 bits per heavy atom. The largest absolute Gasteiger partial charge is 0.382 e. The fourth-order valence-electron chi connectivity index (χ4n) is 3.55. The Morgan fingerprint density at radius 3 is 2.54 bits per heavy atom. The number of ether oxygens (including phenoxy) is 1. The van der Waals surface area contributed by atoms with Crippen molar-refractivity contribution in [3.63, 3.8) is 0 Å². The molecule has 3 N–H and O–H groups in total. The molecule has 1 fully saturated rings. The summed E-state index contributed by atoms with van der Waals surface area (Å²) in [6.45, 7) is 9.18. The highest BCUT2D eigenvalue weighted by atomic mass is 16.5. The molecule has 2 aromatic rings. The number of nitrogens with two attached hydrogens (primary N) is 1. The zero-order valence-electron chi connectivity index (χ0n) is 14.7. The molecule has 5 nitrogen and oxygen atoms in total. The van der Waals surface area contributed by atoms with Crippen LogP contribution in [0.4, 0.5) is 5.82 Å². The number of aromatic amines is 1. The lowest BCUT2D eigenvalue weighted by Gasteiger charge is -2.30. The summed E-state index contributed by atoms with van der Waals surface area (Å²) in [6, 6.07) is 11.0. The van der Waals surface area contributed by atoms with Crippen LogP contribution in [0.2, 0.25) is 0 Å². The second kappa shape index (κ2) is 7.36. The smallest absolute Gasteiger partial charge is 0.145 e. The number of aromatic nitrogens is 2. The molecule has 1 aliphatic heterocycles. The summed E-state index contributed by atoms with van der Waals surface area (Å²) < 4.78 is 5.42. The van der Waals surface area contributed by atoms with Gasteiger partial charge in [0.1, 0.15) is 5.82 Å². The summed E-state index contributed by atoms with van der Waals surface area (Å²) >= 11 is 0. The minimum Gasteiger partial charge on any atom is -0.382 e. The molecule has 130 valence electrons. The van der Waals surface area contributed by atoms with Crippen LogP contribution in [0.25, 0.3) is 0 Å². The molecular weight excluding hydrogens is 300 g/mol. The summed E-state index contributed by atoms with van der Waals surface area (Å²) in [5.74, 6) is 0.552. The zero-order chi connectivity index (χ0) is 17.0. The predicted molar refractivity (Wildman–Crippen MR) is 96.9 cm³/mol. The van der Waals surface area contributed by atoms with E-state index in [4.69, 9.17) is 10.5 Å². The van der Waals surface area contributed by atoms with Crippen molar-refractivity contribution in [2.24, 2.45) is 0 Å². The first-order chi connectivity index (χ1) is 11.6. The highest BCUT2D eigenvalue weighted by Crippen LogP contribution is 2.36. The van der Waals surface area contributed by atoms with Crippen LogP contribution < -0.4 is 5.73 Å². The maximum absolute atomic E-state index is 5.82. The minimum atomic E-state index is -0.0864. The molecule has 0 spiro atoms. The van der Waals surface area contributed by atoms with E-state index in [1.165, 1.54) is 11.1 Å². The first-order valence-corrected chi connectivity index (χ1v) is 8.82. The number of nitrogen functional groups attached to an aromatic ring is 1. The normalized spacial score (nSPS) is 18.4. The Hall–Kier alpha value is -1.85. The van der Waals surface area contributed by atoms with Crippen molar-refractivity contribution in [1.29, 1.82) is 0 Å². The van der Waals surface area contributed by atoms with Gasteiger partial charge in [0.05, 0.1) is 13.2 Å². The summed E-state index contributed by atoms with van der Waals surface area (Å²) in [6.07, 6.45) is 2.16. The number of nitrogens with zero attached hydrogens (tertiary/aromatic N) is 2. The first kappa shape index (κ1) is 17.0. The third-order valence-electron chi connectivity index (χ3n) is 5.04. The van der Waals surface area contributed by atoms with Crippen LogP contribution in [0.3, 0.4) is 0 Å². The number of hydrogen-bond donors (Lipinski definition) is 2. The number of benzene rings is 1. The Bertz CT molecular complexity index is 646. The van der Waals surface area contributed by atoms with Crippen LogP contribution in [0, 0.1) is 0 Å². The highest BCUT2D eigenvalue weighted by molar-refractivity contribution is 5.40. The number of hydrogen-bond acceptors (Lipinski definition) is 4. The van der Waals surface area contributed by atoms with Gasteiger partial charge in [0, 0.05) is 36.8 Å². The Kier molecular flexibility index (Phi) is 5.21. The second-order valence-electron chi connectivity index (χ2n) is 6.87. The van der Waals surface area contributed by atoms with Gasteiger partial charge in [0.15, 0.2) is 0 Å². The van der Waals surface area contributed by atoms with Crippen LogP contribution >= 0.6 is 0 Å². The molecule has 1 atom stereocenters. The van der Waals surface area contributed by atoms with Crippen molar-refractivity contribution in [2.75, 3.05) is 32.0 Å². The van der Waals surface area contributed by atoms with Gasteiger partial charge in [-0.1, -0.05) is 37.6 Å². The van der Waals surface area contributed by atoms with E-state index in [1.807, 2.05) is 6.07 Å². The van der Waals surface area contributed by atoms with Gasteiger partial charge in [-0.2, -0.15) is 5.10 Å². The minimum absolute atomic E-state index is 0.0864. The van der Waals surface area contributed by atoms with Gasteiger partial charge in [-0.05, 0) is 24.5 Å². The number of rotatable bonds is 6. The third-order valence-corrected chi connectivity index (χ3v) is 5.04. The zero-order valence-corrected chi connectivity index (χ0v) is 14.7. The number of morpholine rings is 1. The lowest BCUT2D eigenvalue weighted by Crippen LogP contribution is -2.35. The molecule has 24 heavy (non-hydrogen) atoms. The summed E-state index contributed by atoms with van der Waals surface area (Å²) in [5.41, 5.74) is 9.47. The molecule has 0 bridgehead atoms. The second-order valence-corrected chi connectivity index (χ2v) is 6.87. The SMILES string of the molecule is CCCC(C)(c1ccc(CN2CCOCC2)cc1)c1cc(N)n[nH]1. The molecule has 2 heterocycles. The van der Waals surface area contributed by atoms with E-state index in [0.29, 0.717) is 5.82 Å². The van der Waals surface area contributed by atoms with E-state index in [1.54, 1.807) is 0 Å². The highest BCUT2D eigenvalue weighted by Gasteiger charge is 2.30. The molecule has 1 aromatic heterocycles. The predicted octanol–water partition coefficient (Wildman–Crippen LogP) is 2.93. The van der Waals surface area contributed by atoms with Gasteiger partial charge in [0.2, 0.25) is 0 Å². The van der Waals surface area contributed by atoms with E-state index in [9.17, 15) is 0 Å². The molecule has 0 amide bonds. The Balaban J connectivity index is 1.78. The average molecular weight is 328 g/mol. The monoisotopic (exact) mass is 328 g/mol. The Labute approximate surface area is 144 Å². The van der Waals surface area contributed by atoms with Crippen molar-refractivity contribution >= 4 is 5.82 Å². The van der Waals surface area contributed by atoms with E-state index in [0.717, 1.165) is 51.4 Å². The molecule has 5 heteroatoms. The van der Waals surface area contributed by atoms with E-state index < -0.39 is 0 Å². The van der Waals surface area contributed by atoms with Crippen molar-refractivity contribution in [3.8, 4) is 0 Å². The maximum Gasteiger partial charge on any atom is 0.145 e. The topological polar surface area (TPSA) is 67.2 Å². The molecule has 1 saturated heterocycles. The van der Waals surface area contributed by atoms with E-state index in [2.05, 4.69) is 53.2 Å². The number of anilines is 1. The number of H-pyrrole nitrogens is 1. The third kappa shape index (κ3) is 3.62. The van der Waals surface area contributed by atoms with Crippen LogP contribution in [0.5, 0.6) is 0 Å². The summed E-state index contributed by atoms with van der Waals surface area (Å²) in [7, 11) is 0. The fraction of sp³-hybridized carbons (Fsp3) is 0.526. The van der Waals surface area contributed by atoms with Gasteiger partial charge in [-0.15, -0.1) is 0 Å². The van der Waals surface area contributed by atoms with Gasteiger partial charge < -0.3 is 10.5 Å². The quantitative estimate of drug-likeness (QED) is 0.855. The van der Waals surface area contributed by atoms with Gasteiger partial charge in [-0.3, -0.25) is 10.00 Å². The summed E-state index contributed by atoms with van der Waals surface area (Å²) in [4.78, 5) is 2.44. The fourth-order valence-corrected chi connectivity index (χ4v) is 3.55. The molecule has 3 rings (SSSR count). The van der Waals surface area contributed by atoms with Crippen molar-refractivity contribution in [3.05, 3.63) is 47.2 Å². The van der Waals surface area contributed by atoms with Gasteiger partial charge >= 0.3 is 0 Å². The van der Waals surface area contributed by atoms with Crippen LogP contribution in [-0.4, -0.2) is 41.4 Å². The van der Waals surface area contributed by atoms with Gasteiger partial charge in [-0.25, -0.2) is 0 Å². The first-order valence-electron chi connectivity index (χ1n) is 8.82. The summed E-state index contributed by atoms with van der Waals surface area (Å²) in [5, 5.41) is 7.23. The van der Waals surface area contributed by atoms with E-state index >= 15 is 0 Å². The maximum atomic E-state index is 5.82. The molecule has 0 radical (unpaired) electrons. The molecule has 0 aliphatic carbocycles. The standard InChI is InChI=1S/C19H28N4O/c1-3-8-19(2,17-13-18(20)22-21-17)16-6-4-15(5-7-16)14-23-9-11-24-12-10-23/h4-7,13H,3,8-12,14H2,1-2H3,(H3,20,21,22). The van der Waals surface area contributed by atoms with Crippen molar-refractivity contribution < 1.29 is 4.74 Å². The van der Waals surface area contributed by atoms with Crippen LogP contribution in [0.15, 0.2) is 30.3 Å². The van der Waals surface area contributed by atoms with Crippen molar-refractivity contribution in [2.45, 2.75) is 38.6 Å². The molecule has 1 unspecified atom stereocenters.